The summed E-state index contributed by atoms with van der Waals surface area (Å²) >= 11 is 0. The number of phosphoric ester groups is 2. The van der Waals surface area contributed by atoms with E-state index in [1.807, 2.05) is 0 Å². The van der Waals surface area contributed by atoms with Gasteiger partial charge in [-0.2, -0.15) is 0 Å². The molecule has 0 spiro atoms. The number of unbranched alkanes of at least 4 members (excludes halogenated alkanes) is 33. The molecule has 0 saturated carbocycles. The quantitative estimate of drug-likeness (QED) is 0.0222. The van der Waals surface area contributed by atoms with Crippen LogP contribution in [0.15, 0.2) is 0 Å². The summed E-state index contributed by atoms with van der Waals surface area (Å²) in [5, 5.41) is 10.6. The summed E-state index contributed by atoms with van der Waals surface area (Å²) < 4.78 is 68.3. The monoisotopic (exact) mass is 1340 g/mol. The van der Waals surface area contributed by atoms with Gasteiger partial charge in [0.2, 0.25) is 0 Å². The fourth-order valence-electron chi connectivity index (χ4n) is 10.8. The standard InChI is InChI=1S/C72H140O17P2/c1-9-64(7)50-42-34-26-20-17-18-21-27-36-44-52-69(74)82-59-68(89-72(77)55-47-39-31-30-35-43-51-65(8)10-2)61-87-91(80,81)85-57-66(73)56-84-90(78,79)86-60-67(58-83-70(75)53-45-37-29-23-25-33-41-49-63(5)6)88-71(76)54-46-38-28-22-16-14-12-11-13-15-19-24-32-40-48-62(3)4/h62-68,73H,9-61H2,1-8H3,(H,78,79)(H,80,81)/t64?,65?,66?,67-,68-/m1/s1. The van der Waals surface area contributed by atoms with Crippen molar-refractivity contribution in [3.05, 3.63) is 0 Å². The van der Waals surface area contributed by atoms with Gasteiger partial charge in [-0.15, -0.1) is 0 Å². The fraction of sp³-hybridized carbons (Fsp3) is 0.944. The van der Waals surface area contributed by atoms with Crippen molar-refractivity contribution in [2.45, 2.75) is 375 Å². The molecular weight excluding hydrogens is 1200 g/mol. The highest BCUT2D eigenvalue weighted by Crippen LogP contribution is 2.45. The maximum Gasteiger partial charge on any atom is 0.472 e. The number of esters is 4. The normalized spacial score (nSPS) is 14.8. The molecule has 17 nitrogen and oxygen atoms in total. The van der Waals surface area contributed by atoms with E-state index in [-0.39, 0.29) is 25.7 Å². The maximum absolute atomic E-state index is 13.0. The van der Waals surface area contributed by atoms with Gasteiger partial charge in [0.05, 0.1) is 26.4 Å². The molecule has 540 valence electrons. The molecule has 0 aromatic carbocycles. The molecule has 0 aliphatic rings. The van der Waals surface area contributed by atoms with Crippen LogP contribution in [0, 0.1) is 23.7 Å². The molecule has 5 unspecified atom stereocenters. The van der Waals surface area contributed by atoms with E-state index in [9.17, 15) is 43.2 Å². The zero-order valence-corrected chi connectivity index (χ0v) is 61.3. The van der Waals surface area contributed by atoms with Crippen LogP contribution in [0.5, 0.6) is 0 Å². The van der Waals surface area contributed by atoms with Crippen LogP contribution < -0.4 is 0 Å². The van der Waals surface area contributed by atoms with E-state index in [0.29, 0.717) is 31.6 Å². The second kappa shape index (κ2) is 61.6. The second-order valence-electron chi connectivity index (χ2n) is 27.4. The van der Waals surface area contributed by atoms with E-state index >= 15 is 0 Å². The van der Waals surface area contributed by atoms with Gasteiger partial charge in [-0.25, -0.2) is 9.13 Å². The summed E-state index contributed by atoms with van der Waals surface area (Å²) in [6.07, 6.45) is 44.5. The van der Waals surface area contributed by atoms with Crippen molar-refractivity contribution >= 4 is 39.5 Å². The minimum absolute atomic E-state index is 0.102. The van der Waals surface area contributed by atoms with Crippen molar-refractivity contribution in [1.82, 2.24) is 0 Å². The van der Waals surface area contributed by atoms with Crippen molar-refractivity contribution in [3.8, 4) is 0 Å². The molecule has 7 atom stereocenters. The highest BCUT2D eigenvalue weighted by Gasteiger charge is 2.30. The Balaban J connectivity index is 5.23. The van der Waals surface area contributed by atoms with Gasteiger partial charge in [0.25, 0.3) is 0 Å². The molecule has 19 heteroatoms. The maximum atomic E-state index is 13.0. The summed E-state index contributed by atoms with van der Waals surface area (Å²) in [6.45, 7) is 14.1. The van der Waals surface area contributed by atoms with Gasteiger partial charge in [-0.05, 0) is 49.4 Å². The molecule has 0 saturated heterocycles. The van der Waals surface area contributed by atoms with Crippen LogP contribution in [0.1, 0.15) is 357 Å². The highest BCUT2D eigenvalue weighted by atomic mass is 31.2. The first-order valence-corrected chi connectivity index (χ1v) is 40.3. The Kier molecular flexibility index (Phi) is 60.3. The Morgan fingerprint density at radius 2 is 0.527 bits per heavy atom. The van der Waals surface area contributed by atoms with E-state index in [2.05, 4.69) is 55.4 Å². The van der Waals surface area contributed by atoms with Crippen LogP contribution in [-0.4, -0.2) is 96.7 Å². The van der Waals surface area contributed by atoms with Gasteiger partial charge in [0.15, 0.2) is 12.2 Å². The van der Waals surface area contributed by atoms with Crippen molar-refractivity contribution in [2.24, 2.45) is 23.7 Å². The molecule has 0 aromatic heterocycles. The highest BCUT2D eigenvalue weighted by molar-refractivity contribution is 7.47. The molecule has 0 aliphatic heterocycles. The molecule has 0 bridgehead atoms. The van der Waals surface area contributed by atoms with E-state index in [1.165, 1.54) is 154 Å². The molecule has 0 heterocycles. The molecular formula is C72H140O17P2. The summed E-state index contributed by atoms with van der Waals surface area (Å²) in [7, 11) is -9.91. The van der Waals surface area contributed by atoms with Gasteiger partial charge < -0.3 is 33.8 Å². The van der Waals surface area contributed by atoms with Gasteiger partial charge in [0, 0.05) is 25.7 Å². The molecule has 0 rings (SSSR count). The van der Waals surface area contributed by atoms with Gasteiger partial charge >= 0.3 is 39.5 Å². The number of carbonyl (C=O) groups excluding carboxylic acids is 4. The number of aliphatic hydroxyl groups is 1. The Morgan fingerprint density at radius 3 is 0.780 bits per heavy atom. The fourth-order valence-corrected chi connectivity index (χ4v) is 12.4. The number of carbonyl (C=O) groups is 4. The van der Waals surface area contributed by atoms with Crippen LogP contribution in [0.25, 0.3) is 0 Å². The lowest BCUT2D eigenvalue weighted by atomic mass is 9.99. The number of phosphoric acid groups is 2. The first-order valence-electron chi connectivity index (χ1n) is 37.3. The Morgan fingerprint density at radius 1 is 0.308 bits per heavy atom. The molecule has 3 N–H and O–H groups in total. The van der Waals surface area contributed by atoms with Crippen molar-refractivity contribution in [1.29, 1.82) is 0 Å². The summed E-state index contributed by atoms with van der Waals surface area (Å²) in [5.74, 6) is 0.900. The lowest BCUT2D eigenvalue weighted by Crippen LogP contribution is -2.30. The zero-order valence-electron chi connectivity index (χ0n) is 59.5. The first kappa shape index (κ1) is 89.1. The SMILES string of the molecule is CCC(C)CCCCCCCCCCCCC(=O)OC[C@H](COP(=O)(O)OCC(O)COP(=O)(O)OC[C@@H](COC(=O)CCCCCCCCCC(C)C)OC(=O)CCCCCCCCCCCCCCCCC(C)C)OC(=O)CCCCCCCCC(C)CC. The smallest absolute Gasteiger partial charge is 0.462 e. The molecule has 0 fully saturated rings. The molecule has 0 aliphatic carbocycles. The average Bonchev–Trinajstić information content (AvgIpc) is 3.73. The topological polar surface area (TPSA) is 237 Å². The lowest BCUT2D eigenvalue weighted by molar-refractivity contribution is -0.161. The molecule has 91 heavy (non-hydrogen) atoms. The number of hydrogen-bond acceptors (Lipinski definition) is 15. The van der Waals surface area contributed by atoms with Crippen LogP contribution >= 0.6 is 15.6 Å². The summed E-state index contributed by atoms with van der Waals surface area (Å²) in [4.78, 5) is 72.6. The minimum atomic E-state index is -4.95. The van der Waals surface area contributed by atoms with Crippen LogP contribution in [0.2, 0.25) is 0 Å². The Bertz CT molecular complexity index is 1800. The van der Waals surface area contributed by atoms with Crippen LogP contribution in [0.4, 0.5) is 0 Å². The Hall–Kier alpha value is -1.94. The van der Waals surface area contributed by atoms with Gasteiger partial charge in [-0.3, -0.25) is 37.3 Å². The average molecular weight is 1340 g/mol. The van der Waals surface area contributed by atoms with Gasteiger partial charge in [-0.1, -0.05) is 306 Å². The summed E-state index contributed by atoms with van der Waals surface area (Å²) in [6, 6.07) is 0. The number of rotatable bonds is 69. The largest absolute Gasteiger partial charge is 0.472 e. The first-order chi connectivity index (χ1) is 43.7. The third kappa shape index (κ3) is 63.9. The van der Waals surface area contributed by atoms with E-state index in [0.717, 1.165) is 114 Å². The summed E-state index contributed by atoms with van der Waals surface area (Å²) in [5.41, 5.74) is 0. The van der Waals surface area contributed by atoms with Crippen LogP contribution in [0.3, 0.4) is 0 Å². The second-order valence-corrected chi connectivity index (χ2v) is 30.3. The number of hydrogen-bond donors (Lipinski definition) is 3. The number of aliphatic hydroxyl groups excluding tert-OH is 1. The molecule has 0 amide bonds. The third-order valence-electron chi connectivity index (χ3n) is 17.3. The molecule has 0 radical (unpaired) electrons. The zero-order chi connectivity index (χ0) is 67.5. The van der Waals surface area contributed by atoms with E-state index < -0.39 is 97.5 Å². The third-order valence-corrected chi connectivity index (χ3v) is 19.2. The van der Waals surface area contributed by atoms with Crippen molar-refractivity contribution in [3.63, 3.8) is 0 Å². The predicted molar refractivity (Wildman–Crippen MR) is 367 cm³/mol. The van der Waals surface area contributed by atoms with E-state index in [4.69, 9.17) is 37.0 Å². The molecule has 0 aromatic rings. The number of ether oxygens (including phenoxy) is 4. The Labute approximate surface area is 556 Å². The van der Waals surface area contributed by atoms with Crippen molar-refractivity contribution < 1.29 is 80.2 Å². The predicted octanol–water partition coefficient (Wildman–Crippen LogP) is 20.5. The van der Waals surface area contributed by atoms with Crippen LogP contribution in [-0.2, 0) is 65.4 Å². The van der Waals surface area contributed by atoms with E-state index in [1.54, 1.807) is 0 Å². The minimum Gasteiger partial charge on any atom is -0.462 e. The van der Waals surface area contributed by atoms with Gasteiger partial charge in [0.1, 0.15) is 19.3 Å². The van der Waals surface area contributed by atoms with Crippen molar-refractivity contribution in [2.75, 3.05) is 39.6 Å². The lowest BCUT2D eigenvalue weighted by Gasteiger charge is -2.21.